The Kier molecular flexibility index (Phi) is 4.28. The first-order valence-electron chi connectivity index (χ1n) is 4.30. The van der Waals surface area contributed by atoms with Gasteiger partial charge in [0.1, 0.15) is 37.6 Å². The fraction of sp³-hybridized carbons (Fsp3) is 0.750. The van der Waals surface area contributed by atoms with Gasteiger partial charge < -0.3 is 29.5 Å². The van der Waals surface area contributed by atoms with E-state index in [1.54, 1.807) is 0 Å². The lowest BCUT2D eigenvalue weighted by Crippen LogP contribution is -2.52. The van der Waals surface area contributed by atoms with Crippen molar-refractivity contribution in [3.8, 4) is 0 Å². The summed E-state index contributed by atoms with van der Waals surface area (Å²) in [7, 11) is 1.14. The van der Waals surface area contributed by atoms with Gasteiger partial charge in [-0.1, -0.05) is 0 Å². The van der Waals surface area contributed by atoms with E-state index in [0.29, 0.717) is 0 Å². The van der Waals surface area contributed by atoms with Crippen LogP contribution in [-0.4, -0.2) is 59.6 Å². The Labute approximate surface area is 86.2 Å². The summed E-state index contributed by atoms with van der Waals surface area (Å²) >= 11 is 0. The SMILES string of the molecule is COC(=O)OC[C@H]1O[CH][C@H](O)[C@@H](O)[C@@H]1O. The number of aliphatic hydroxyl groups is 3. The first-order chi connectivity index (χ1) is 7.06. The fourth-order valence-corrected chi connectivity index (χ4v) is 1.11. The number of hydrogen-bond donors (Lipinski definition) is 3. The molecule has 7 heteroatoms. The van der Waals surface area contributed by atoms with Gasteiger partial charge in [0.2, 0.25) is 0 Å². The number of aliphatic hydroxyl groups excluding tert-OH is 3. The number of hydrogen-bond acceptors (Lipinski definition) is 7. The molecule has 0 aromatic carbocycles. The van der Waals surface area contributed by atoms with Crippen LogP contribution in [0, 0.1) is 6.61 Å². The fourth-order valence-electron chi connectivity index (χ4n) is 1.11. The molecule has 15 heavy (non-hydrogen) atoms. The van der Waals surface area contributed by atoms with E-state index in [2.05, 4.69) is 9.47 Å². The molecule has 0 spiro atoms. The van der Waals surface area contributed by atoms with Gasteiger partial charge in [0.25, 0.3) is 0 Å². The average molecular weight is 221 g/mol. The molecule has 0 aromatic rings. The first kappa shape index (κ1) is 12.2. The van der Waals surface area contributed by atoms with Crippen molar-refractivity contribution >= 4 is 6.16 Å². The Balaban J connectivity index is 2.39. The molecular weight excluding hydrogens is 208 g/mol. The van der Waals surface area contributed by atoms with E-state index in [0.717, 1.165) is 13.7 Å². The van der Waals surface area contributed by atoms with E-state index in [1.807, 2.05) is 0 Å². The first-order valence-corrected chi connectivity index (χ1v) is 4.30. The van der Waals surface area contributed by atoms with Crippen LogP contribution in [0.1, 0.15) is 0 Å². The van der Waals surface area contributed by atoms with Gasteiger partial charge in [0.15, 0.2) is 0 Å². The Morgan fingerprint density at radius 3 is 2.67 bits per heavy atom. The van der Waals surface area contributed by atoms with Crippen molar-refractivity contribution in [2.45, 2.75) is 24.4 Å². The van der Waals surface area contributed by atoms with Gasteiger partial charge in [-0.05, 0) is 0 Å². The van der Waals surface area contributed by atoms with Crippen LogP contribution in [0.15, 0.2) is 0 Å². The predicted molar refractivity (Wildman–Crippen MR) is 45.6 cm³/mol. The number of carbonyl (C=O) groups excluding carboxylic acids is 1. The van der Waals surface area contributed by atoms with Gasteiger partial charge in [0.05, 0.1) is 7.11 Å². The standard InChI is InChI=1S/C8H13O7/c1-13-8(12)15-3-5-7(11)6(10)4(9)2-14-5/h2,4-7,9-11H,3H2,1H3/t4-,5+,6+,7+/m0/s1. The summed E-state index contributed by atoms with van der Waals surface area (Å²) in [6.45, 7) is 0.705. The maximum Gasteiger partial charge on any atom is 0.508 e. The van der Waals surface area contributed by atoms with Crippen molar-refractivity contribution in [3.05, 3.63) is 6.61 Å². The van der Waals surface area contributed by atoms with Gasteiger partial charge in [-0.3, -0.25) is 0 Å². The second-order valence-electron chi connectivity index (χ2n) is 3.05. The van der Waals surface area contributed by atoms with Gasteiger partial charge >= 0.3 is 6.16 Å². The van der Waals surface area contributed by atoms with Crippen LogP contribution in [0.25, 0.3) is 0 Å². The second kappa shape index (κ2) is 5.26. The van der Waals surface area contributed by atoms with E-state index < -0.39 is 30.6 Å². The maximum absolute atomic E-state index is 10.6. The molecule has 0 unspecified atom stereocenters. The Morgan fingerprint density at radius 2 is 2.07 bits per heavy atom. The van der Waals surface area contributed by atoms with E-state index in [9.17, 15) is 15.0 Å². The lowest BCUT2D eigenvalue weighted by atomic mass is 10.0. The lowest BCUT2D eigenvalue weighted by Gasteiger charge is -2.34. The van der Waals surface area contributed by atoms with E-state index in [1.165, 1.54) is 0 Å². The number of ether oxygens (including phenoxy) is 3. The van der Waals surface area contributed by atoms with Gasteiger partial charge in [-0.15, -0.1) is 0 Å². The third-order valence-corrected chi connectivity index (χ3v) is 2.01. The van der Waals surface area contributed by atoms with Crippen LogP contribution >= 0.6 is 0 Å². The normalized spacial score (nSPS) is 36.0. The van der Waals surface area contributed by atoms with Crippen molar-refractivity contribution in [1.82, 2.24) is 0 Å². The minimum absolute atomic E-state index is 0.270. The topological polar surface area (TPSA) is 105 Å². The zero-order valence-electron chi connectivity index (χ0n) is 8.07. The highest BCUT2D eigenvalue weighted by molar-refractivity contribution is 5.59. The molecule has 87 valence electrons. The molecule has 0 amide bonds. The molecule has 3 N–H and O–H groups in total. The predicted octanol–water partition coefficient (Wildman–Crippen LogP) is -1.59. The Hall–Kier alpha value is -0.890. The molecule has 1 fully saturated rings. The molecular formula is C8H13O7. The minimum Gasteiger partial charge on any atom is -0.438 e. The summed E-state index contributed by atoms with van der Waals surface area (Å²) in [5.74, 6) is 0. The second-order valence-corrected chi connectivity index (χ2v) is 3.05. The van der Waals surface area contributed by atoms with Crippen LogP contribution in [0.5, 0.6) is 0 Å². The Bertz CT molecular complexity index is 219. The van der Waals surface area contributed by atoms with Crippen LogP contribution in [0.2, 0.25) is 0 Å². The Morgan fingerprint density at radius 1 is 1.40 bits per heavy atom. The van der Waals surface area contributed by atoms with Crippen LogP contribution < -0.4 is 0 Å². The molecule has 0 saturated carbocycles. The van der Waals surface area contributed by atoms with Crippen molar-refractivity contribution in [2.24, 2.45) is 0 Å². The summed E-state index contributed by atoms with van der Waals surface area (Å²) in [5, 5.41) is 27.7. The van der Waals surface area contributed by atoms with Crippen molar-refractivity contribution < 1.29 is 34.3 Å². The number of methoxy groups -OCH3 is 1. The van der Waals surface area contributed by atoms with Crippen LogP contribution in [0.4, 0.5) is 4.79 Å². The van der Waals surface area contributed by atoms with Crippen molar-refractivity contribution in [2.75, 3.05) is 13.7 Å². The molecule has 1 radical (unpaired) electrons. The largest absolute Gasteiger partial charge is 0.508 e. The number of carbonyl (C=O) groups is 1. The zero-order valence-corrected chi connectivity index (χ0v) is 8.07. The average Bonchev–Trinajstić information content (AvgIpc) is 2.24. The van der Waals surface area contributed by atoms with Crippen molar-refractivity contribution in [1.29, 1.82) is 0 Å². The summed E-state index contributed by atoms with van der Waals surface area (Å²) in [4.78, 5) is 10.6. The molecule has 1 rings (SSSR count). The van der Waals surface area contributed by atoms with E-state index >= 15 is 0 Å². The van der Waals surface area contributed by atoms with Gasteiger partial charge in [-0.2, -0.15) is 0 Å². The summed E-state index contributed by atoms with van der Waals surface area (Å²) in [6, 6.07) is 0. The molecule has 1 heterocycles. The highest BCUT2D eigenvalue weighted by atomic mass is 16.7. The third kappa shape index (κ3) is 3.03. The van der Waals surface area contributed by atoms with Gasteiger partial charge in [0, 0.05) is 0 Å². The van der Waals surface area contributed by atoms with Crippen LogP contribution in [-0.2, 0) is 14.2 Å². The molecule has 7 nitrogen and oxygen atoms in total. The summed E-state index contributed by atoms with van der Waals surface area (Å²) in [6.07, 6.45) is -5.76. The van der Waals surface area contributed by atoms with E-state index in [4.69, 9.17) is 9.84 Å². The van der Waals surface area contributed by atoms with Crippen LogP contribution in [0.3, 0.4) is 0 Å². The molecule has 0 aliphatic carbocycles. The smallest absolute Gasteiger partial charge is 0.438 e. The summed E-state index contributed by atoms with van der Waals surface area (Å²) in [5.41, 5.74) is 0. The molecule has 0 aromatic heterocycles. The highest BCUT2D eigenvalue weighted by Crippen LogP contribution is 2.18. The highest BCUT2D eigenvalue weighted by Gasteiger charge is 2.38. The lowest BCUT2D eigenvalue weighted by molar-refractivity contribution is -0.171. The van der Waals surface area contributed by atoms with Gasteiger partial charge in [-0.25, -0.2) is 4.79 Å². The van der Waals surface area contributed by atoms with Crippen molar-refractivity contribution in [3.63, 3.8) is 0 Å². The maximum atomic E-state index is 10.6. The zero-order chi connectivity index (χ0) is 11.4. The van der Waals surface area contributed by atoms with E-state index in [-0.39, 0.29) is 6.61 Å². The number of rotatable bonds is 2. The molecule has 1 aliphatic heterocycles. The summed E-state index contributed by atoms with van der Waals surface area (Å²) < 4.78 is 13.6. The molecule has 0 bridgehead atoms. The molecule has 1 saturated heterocycles. The quantitative estimate of drug-likeness (QED) is 0.483. The molecule has 1 aliphatic rings. The third-order valence-electron chi connectivity index (χ3n) is 2.01. The minimum atomic E-state index is -1.36. The molecule has 4 atom stereocenters. The monoisotopic (exact) mass is 221 g/mol.